The van der Waals surface area contributed by atoms with E-state index in [2.05, 4.69) is 0 Å². The van der Waals surface area contributed by atoms with Crippen molar-refractivity contribution >= 4 is 23.7 Å². The van der Waals surface area contributed by atoms with E-state index in [0.717, 1.165) is 56.4 Å². The summed E-state index contributed by atoms with van der Waals surface area (Å²) in [6, 6.07) is 8.33. The van der Waals surface area contributed by atoms with Gasteiger partial charge in [0.05, 0.1) is 30.4 Å². The van der Waals surface area contributed by atoms with Crippen LogP contribution in [0, 0.1) is 0 Å². The maximum Gasteiger partial charge on any atom is 0.418 e. The van der Waals surface area contributed by atoms with Crippen molar-refractivity contribution in [3.05, 3.63) is 59.2 Å². The minimum Gasteiger partial charge on any atom is -0.490 e. The van der Waals surface area contributed by atoms with Crippen molar-refractivity contribution < 1.29 is 40.6 Å². The van der Waals surface area contributed by atoms with Gasteiger partial charge in [0.25, 0.3) is 0 Å². The second-order valence-electron chi connectivity index (χ2n) is 9.12. The fourth-order valence-corrected chi connectivity index (χ4v) is 5.61. The predicted molar refractivity (Wildman–Crippen MR) is 131 cm³/mol. The Morgan fingerprint density at radius 3 is 2.29 bits per heavy atom. The SMILES string of the molecule is O=C(/C=C/c1ccc(Sc2cccc(OC3CCCCC3)c2)c(C(F)(F)F)c1C(F)(F)F)N1CCOCC1. The molecule has 2 fully saturated rings. The van der Waals surface area contributed by atoms with Gasteiger partial charge in [-0.05, 0) is 61.6 Å². The minimum atomic E-state index is -5.31. The van der Waals surface area contributed by atoms with Gasteiger partial charge in [0.15, 0.2) is 0 Å². The van der Waals surface area contributed by atoms with E-state index >= 15 is 0 Å². The Labute approximate surface area is 221 Å². The number of benzene rings is 2. The molecule has 1 amide bonds. The first-order valence-corrected chi connectivity index (χ1v) is 13.1. The zero-order valence-corrected chi connectivity index (χ0v) is 21.2. The number of nitrogens with zero attached hydrogens (tertiary/aromatic N) is 1. The van der Waals surface area contributed by atoms with E-state index in [1.54, 1.807) is 18.2 Å². The Bertz CT molecular complexity index is 1150. The molecule has 1 aliphatic heterocycles. The smallest absolute Gasteiger partial charge is 0.418 e. The number of rotatable bonds is 6. The number of hydrogen-bond acceptors (Lipinski definition) is 4. The molecule has 0 unspecified atom stereocenters. The second kappa shape index (κ2) is 12.0. The minimum absolute atomic E-state index is 0.0119. The van der Waals surface area contributed by atoms with E-state index < -0.39 is 39.8 Å². The zero-order valence-electron chi connectivity index (χ0n) is 20.4. The summed E-state index contributed by atoms with van der Waals surface area (Å²) in [5.41, 5.74) is -4.34. The highest BCUT2D eigenvalue weighted by Crippen LogP contribution is 2.48. The number of morpholine rings is 1. The Balaban J connectivity index is 1.66. The van der Waals surface area contributed by atoms with Crippen molar-refractivity contribution in [3.8, 4) is 5.75 Å². The Morgan fingerprint density at radius 1 is 0.947 bits per heavy atom. The fraction of sp³-hybridized carbons (Fsp3) is 0.444. The molecule has 0 radical (unpaired) electrons. The number of hydrogen-bond donors (Lipinski definition) is 0. The third kappa shape index (κ3) is 7.25. The molecule has 2 aromatic rings. The number of carbonyl (C=O) groups is 1. The van der Waals surface area contributed by atoms with Crippen molar-refractivity contribution in [1.29, 1.82) is 0 Å². The highest BCUT2D eigenvalue weighted by molar-refractivity contribution is 7.99. The molecular formula is C27H27F6NO3S. The van der Waals surface area contributed by atoms with Crippen molar-refractivity contribution in [2.24, 2.45) is 0 Å². The maximum atomic E-state index is 14.1. The lowest BCUT2D eigenvalue weighted by molar-refractivity contribution is -0.163. The molecule has 4 rings (SSSR count). The van der Waals surface area contributed by atoms with E-state index in [9.17, 15) is 31.1 Å². The third-order valence-corrected chi connectivity index (χ3v) is 7.43. The van der Waals surface area contributed by atoms with Crippen LogP contribution in [0.3, 0.4) is 0 Å². The normalized spacial score (nSPS) is 17.7. The predicted octanol–water partition coefficient (Wildman–Crippen LogP) is 7.46. The van der Waals surface area contributed by atoms with Crippen molar-refractivity contribution in [2.45, 2.75) is 60.4 Å². The van der Waals surface area contributed by atoms with Crippen LogP contribution in [0.5, 0.6) is 5.75 Å². The first-order valence-electron chi connectivity index (χ1n) is 12.3. The summed E-state index contributed by atoms with van der Waals surface area (Å²) in [7, 11) is 0. The summed E-state index contributed by atoms with van der Waals surface area (Å²) in [6.45, 7) is 1.07. The fourth-order valence-electron chi connectivity index (χ4n) is 4.57. The van der Waals surface area contributed by atoms with E-state index in [-0.39, 0.29) is 32.4 Å². The molecule has 0 spiro atoms. The van der Waals surface area contributed by atoms with E-state index in [4.69, 9.17) is 9.47 Å². The summed E-state index contributed by atoms with van der Waals surface area (Å²) < 4.78 is 95.8. The van der Waals surface area contributed by atoms with Crippen LogP contribution in [0.15, 0.2) is 52.3 Å². The molecule has 11 heteroatoms. The quantitative estimate of drug-likeness (QED) is 0.272. The van der Waals surface area contributed by atoms with Crippen LogP contribution >= 0.6 is 11.8 Å². The third-order valence-electron chi connectivity index (χ3n) is 6.38. The molecule has 2 aromatic carbocycles. The summed E-state index contributed by atoms with van der Waals surface area (Å²) in [6.07, 6.45) is -3.96. The molecule has 0 N–H and O–H groups in total. The number of carbonyl (C=O) groups excluding carboxylic acids is 1. The lowest BCUT2D eigenvalue weighted by Gasteiger charge is -2.25. The first-order chi connectivity index (χ1) is 18.0. The topological polar surface area (TPSA) is 38.8 Å². The summed E-state index contributed by atoms with van der Waals surface area (Å²) >= 11 is 0.590. The summed E-state index contributed by atoms with van der Waals surface area (Å²) in [5.74, 6) is -0.129. The lowest BCUT2D eigenvalue weighted by Crippen LogP contribution is -2.39. The molecule has 0 atom stereocenters. The molecular weight excluding hydrogens is 532 g/mol. The monoisotopic (exact) mass is 559 g/mol. The molecule has 0 bridgehead atoms. The van der Waals surface area contributed by atoms with Crippen molar-refractivity contribution in [2.75, 3.05) is 26.3 Å². The van der Waals surface area contributed by atoms with Gasteiger partial charge in [-0.1, -0.05) is 30.3 Å². The second-order valence-corrected chi connectivity index (χ2v) is 10.2. The Hall–Kier alpha value is -2.66. The van der Waals surface area contributed by atoms with Gasteiger partial charge in [0.1, 0.15) is 5.75 Å². The molecule has 1 aliphatic carbocycles. The highest BCUT2D eigenvalue weighted by atomic mass is 32.2. The molecule has 206 valence electrons. The number of ether oxygens (including phenoxy) is 2. The summed E-state index contributed by atoms with van der Waals surface area (Å²) in [5, 5.41) is 0. The van der Waals surface area contributed by atoms with Gasteiger partial charge in [-0.25, -0.2) is 0 Å². The van der Waals surface area contributed by atoms with Gasteiger partial charge in [-0.2, -0.15) is 26.3 Å². The summed E-state index contributed by atoms with van der Waals surface area (Å²) in [4.78, 5) is 13.5. The van der Waals surface area contributed by atoms with E-state index in [0.29, 0.717) is 22.4 Å². The molecule has 2 aliphatic rings. The highest BCUT2D eigenvalue weighted by Gasteiger charge is 2.46. The molecule has 1 saturated carbocycles. The molecule has 1 heterocycles. The average Bonchev–Trinajstić information content (AvgIpc) is 2.87. The largest absolute Gasteiger partial charge is 0.490 e. The van der Waals surface area contributed by atoms with Gasteiger partial charge in [0, 0.05) is 29.0 Å². The first kappa shape index (κ1) is 28.4. The molecule has 38 heavy (non-hydrogen) atoms. The molecule has 0 aromatic heterocycles. The van der Waals surface area contributed by atoms with E-state index in [1.807, 2.05) is 0 Å². The van der Waals surface area contributed by atoms with Crippen LogP contribution in [0.4, 0.5) is 26.3 Å². The van der Waals surface area contributed by atoms with Crippen molar-refractivity contribution in [3.63, 3.8) is 0 Å². The number of amides is 1. The van der Waals surface area contributed by atoms with Gasteiger partial charge in [-0.15, -0.1) is 0 Å². The molecule has 4 nitrogen and oxygen atoms in total. The van der Waals surface area contributed by atoms with Crippen LogP contribution < -0.4 is 4.74 Å². The standard InChI is InChI=1S/C27H27F6NO3S/c28-26(29,30)24-18(10-12-23(35)34-13-15-36-16-14-34)9-11-22(25(24)27(31,32)33)38-21-8-4-7-20(17-21)37-19-5-2-1-3-6-19/h4,7-12,17,19H,1-3,5-6,13-16H2/b12-10+. The van der Waals surface area contributed by atoms with Crippen LogP contribution in [-0.4, -0.2) is 43.2 Å². The Morgan fingerprint density at radius 2 is 1.63 bits per heavy atom. The number of alkyl halides is 6. The van der Waals surface area contributed by atoms with Crippen LogP contribution in [0.1, 0.15) is 48.8 Å². The Kier molecular flexibility index (Phi) is 8.97. The van der Waals surface area contributed by atoms with Crippen LogP contribution in [0.2, 0.25) is 0 Å². The molecule has 1 saturated heterocycles. The number of halogens is 6. The van der Waals surface area contributed by atoms with Crippen LogP contribution in [0.25, 0.3) is 6.08 Å². The van der Waals surface area contributed by atoms with Crippen molar-refractivity contribution in [1.82, 2.24) is 4.90 Å². The zero-order chi connectivity index (χ0) is 27.3. The van der Waals surface area contributed by atoms with Gasteiger partial charge >= 0.3 is 12.4 Å². The van der Waals surface area contributed by atoms with E-state index in [1.165, 1.54) is 11.0 Å². The van der Waals surface area contributed by atoms with Crippen LogP contribution in [-0.2, 0) is 21.9 Å². The maximum absolute atomic E-state index is 14.1. The lowest BCUT2D eigenvalue weighted by atomic mass is 9.98. The van der Waals surface area contributed by atoms with Gasteiger partial charge < -0.3 is 14.4 Å². The average molecular weight is 560 g/mol. The van der Waals surface area contributed by atoms with Gasteiger partial charge in [-0.3, -0.25) is 4.79 Å². The van der Waals surface area contributed by atoms with Gasteiger partial charge in [0.2, 0.25) is 5.91 Å².